The van der Waals surface area contributed by atoms with Crippen molar-refractivity contribution in [3.63, 3.8) is 0 Å². The second kappa shape index (κ2) is 5.14. The molecule has 1 aliphatic rings. The molecule has 2 aromatic rings. The number of aryl methyl sites for hydroxylation is 1. The maximum atomic E-state index is 12.2. The van der Waals surface area contributed by atoms with Gasteiger partial charge in [-0.15, -0.1) is 0 Å². The molecule has 1 aliphatic heterocycles. The summed E-state index contributed by atoms with van der Waals surface area (Å²) < 4.78 is 1.82. The molecule has 0 radical (unpaired) electrons. The van der Waals surface area contributed by atoms with Crippen molar-refractivity contribution >= 4 is 0 Å². The first-order chi connectivity index (χ1) is 9.95. The molecule has 0 aliphatic carbocycles. The molecule has 0 atom stereocenters. The van der Waals surface area contributed by atoms with E-state index in [1.807, 2.05) is 4.57 Å². The van der Waals surface area contributed by atoms with Gasteiger partial charge in [0.2, 0.25) is 0 Å². The molecule has 3 heteroatoms. The summed E-state index contributed by atoms with van der Waals surface area (Å²) in [4.78, 5) is 16.9. The minimum Gasteiger partial charge on any atom is -0.297 e. The lowest BCUT2D eigenvalue weighted by atomic mass is 9.86. The van der Waals surface area contributed by atoms with Gasteiger partial charge in [0.1, 0.15) is 5.82 Å². The number of hydrogen-bond acceptors (Lipinski definition) is 2. The molecule has 0 saturated heterocycles. The van der Waals surface area contributed by atoms with Crippen LogP contribution in [0.3, 0.4) is 0 Å². The van der Waals surface area contributed by atoms with E-state index in [2.05, 4.69) is 45.0 Å². The lowest BCUT2D eigenvalue weighted by molar-refractivity contribution is 0.496. The van der Waals surface area contributed by atoms with Gasteiger partial charge in [-0.3, -0.25) is 9.36 Å². The third-order valence-electron chi connectivity index (χ3n) is 4.17. The Morgan fingerprint density at radius 1 is 1.10 bits per heavy atom. The van der Waals surface area contributed by atoms with Crippen LogP contribution < -0.4 is 5.56 Å². The van der Waals surface area contributed by atoms with E-state index in [-0.39, 0.29) is 11.0 Å². The molecule has 0 amide bonds. The van der Waals surface area contributed by atoms with Crippen LogP contribution in [0.4, 0.5) is 0 Å². The first kappa shape index (κ1) is 14.1. The second-order valence-corrected chi connectivity index (χ2v) is 6.83. The Kier molecular flexibility index (Phi) is 3.44. The van der Waals surface area contributed by atoms with E-state index < -0.39 is 0 Å². The molecule has 3 rings (SSSR count). The van der Waals surface area contributed by atoms with Gasteiger partial charge in [-0.05, 0) is 23.8 Å². The van der Waals surface area contributed by atoms with E-state index in [4.69, 9.17) is 4.98 Å². The van der Waals surface area contributed by atoms with Crippen LogP contribution in [0.2, 0.25) is 0 Å². The van der Waals surface area contributed by atoms with E-state index in [0.717, 1.165) is 42.9 Å². The lowest BCUT2D eigenvalue weighted by Gasteiger charge is -2.20. The second-order valence-electron chi connectivity index (χ2n) is 6.83. The van der Waals surface area contributed by atoms with Crippen molar-refractivity contribution in [1.29, 1.82) is 0 Å². The number of benzene rings is 1. The van der Waals surface area contributed by atoms with Crippen molar-refractivity contribution in [2.45, 2.75) is 52.0 Å². The summed E-state index contributed by atoms with van der Waals surface area (Å²) in [5.74, 6) is 0.934. The normalized spacial score (nSPS) is 14.8. The minimum atomic E-state index is 0.0783. The topological polar surface area (TPSA) is 34.9 Å². The van der Waals surface area contributed by atoms with Gasteiger partial charge in [-0.1, -0.05) is 45.0 Å². The molecule has 0 unspecified atom stereocenters. The Hall–Kier alpha value is -1.90. The quantitative estimate of drug-likeness (QED) is 0.802. The van der Waals surface area contributed by atoms with Gasteiger partial charge in [-0.25, -0.2) is 4.98 Å². The molecule has 0 bridgehead atoms. The zero-order valence-corrected chi connectivity index (χ0v) is 13.0. The summed E-state index contributed by atoms with van der Waals surface area (Å²) in [5, 5.41) is 0. The average Bonchev–Trinajstić information content (AvgIpc) is 2.46. The third kappa shape index (κ3) is 2.78. The van der Waals surface area contributed by atoms with E-state index in [1.165, 1.54) is 5.56 Å². The minimum absolute atomic E-state index is 0.0783. The summed E-state index contributed by atoms with van der Waals surface area (Å²) in [6, 6.07) is 10.1. The van der Waals surface area contributed by atoms with E-state index >= 15 is 0 Å². The van der Waals surface area contributed by atoms with E-state index in [0.29, 0.717) is 0 Å². The lowest BCUT2D eigenvalue weighted by Crippen LogP contribution is -2.27. The molecule has 2 heterocycles. The van der Waals surface area contributed by atoms with Gasteiger partial charge in [0, 0.05) is 24.6 Å². The fraction of sp³-hybridized carbons (Fsp3) is 0.444. The van der Waals surface area contributed by atoms with Crippen LogP contribution in [-0.2, 0) is 18.4 Å². The van der Waals surface area contributed by atoms with Crippen molar-refractivity contribution in [3.8, 4) is 11.3 Å². The molecule has 21 heavy (non-hydrogen) atoms. The predicted octanol–water partition coefficient (Wildman–Crippen LogP) is 3.54. The number of aromatic nitrogens is 2. The molecule has 0 N–H and O–H groups in total. The van der Waals surface area contributed by atoms with Crippen molar-refractivity contribution in [3.05, 3.63) is 52.1 Å². The number of fused-ring (bicyclic) bond motifs is 1. The first-order valence-electron chi connectivity index (χ1n) is 7.67. The van der Waals surface area contributed by atoms with Crippen LogP contribution in [0.25, 0.3) is 11.3 Å². The molecule has 1 aromatic heterocycles. The third-order valence-corrected chi connectivity index (χ3v) is 4.17. The maximum absolute atomic E-state index is 12.2. The smallest absolute Gasteiger partial charge is 0.254 e. The molecule has 0 spiro atoms. The van der Waals surface area contributed by atoms with Gasteiger partial charge in [0.05, 0.1) is 5.69 Å². The van der Waals surface area contributed by atoms with Crippen LogP contribution in [0.5, 0.6) is 0 Å². The monoisotopic (exact) mass is 282 g/mol. The fourth-order valence-corrected chi connectivity index (χ4v) is 2.83. The highest BCUT2D eigenvalue weighted by Crippen LogP contribution is 2.25. The largest absolute Gasteiger partial charge is 0.297 e. The molecule has 0 saturated carbocycles. The molecule has 110 valence electrons. The van der Waals surface area contributed by atoms with Gasteiger partial charge in [0.25, 0.3) is 5.56 Å². The highest BCUT2D eigenvalue weighted by atomic mass is 16.1. The van der Waals surface area contributed by atoms with Gasteiger partial charge < -0.3 is 0 Å². The van der Waals surface area contributed by atoms with Gasteiger partial charge in [0.15, 0.2) is 0 Å². The maximum Gasteiger partial charge on any atom is 0.254 e. The van der Waals surface area contributed by atoms with Crippen LogP contribution in [0.15, 0.2) is 35.1 Å². The highest BCUT2D eigenvalue weighted by Gasteiger charge is 2.15. The summed E-state index contributed by atoms with van der Waals surface area (Å²) in [5.41, 5.74) is 3.33. The molecule has 0 fully saturated rings. The molecular weight excluding hydrogens is 260 g/mol. The van der Waals surface area contributed by atoms with E-state index in [9.17, 15) is 4.79 Å². The Bertz CT molecular complexity index is 705. The number of hydrogen-bond donors (Lipinski definition) is 0. The fourth-order valence-electron chi connectivity index (χ4n) is 2.83. The predicted molar refractivity (Wildman–Crippen MR) is 85.6 cm³/mol. The van der Waals surface area contributed by atoms with Crippen molar-refractivity contribution in [2.75, 3.05) is 0 Å². The van der Waals surface area contributed by atoms with Crippen LogP contribution in [-0.4, -0.2) is 9.55 Å². The summed E-state index contributed by atoms with van der Waals surface area (Å²) in [6.07, 6.45) is 3.11. The van der Waals surface area contributed by atoms with Crippen LogP contribution >= 0.6 is 0 Å². The Morgan fingerprint density at radius 2 is 1.81 bits per heavy atom. The zero-order chi connectivity index (χ0) is 15.0. The van der Waals surface area contributed by atoms with Crippen LogP contribution in [0.1, 0.15) is 45.0 Å². The Balaban J connectivity index is 2.01. The summed E-state index contributed by atoms with van der Waals surface area (Å²) in [6.45, 7) is 7.41. The highest BCUT2D eigenvalue weighted by molar-refractivity contribution is 5.59. The van der Waals surface area contributed by atoms with E-state index in [1.54, 1.807) is 6.07 Å². The SMILES string of the molecule is CC(C)(C)c1ccc(-c2cc(=O)n3c(n2)CCCC3)cc1. The van der Waals surface area contributed by atoms with Crippen molar-refractivity contribution in [1.82, 2.24) is 9.55 Å². The van der Waals surface area contributed by atoms with Gasteiger partial charge >= 0.3 is 0 Å². The van der Waals surface area contributed by atoms with Crippen LogP contribution in [0, 0.1) is 0 Å². The number of nitrogens with zero attached hydrogens (tertiary/aromatic N) is 2. The Labute approximate surface area is 125 Å². The van der Waals surface area contributed by atoms with Crippen molar-refractivity contribution < 1.29 is 0 Å². The standard InChI is InChI=1S/C18H22N2O/c1-18(2,3)14-9-7-13(8-10-14)15-12-17(21)20-11-5-4-6-16(20)19-15/h7-10,12H,4-6,11H2,1-3H3. The first-order valence-corrected chi connectivity index (χ1v) is 7.67. The number of rotatable bonds is 1. The molecule has 1 aromatic carbocycles. The van der Waals surface area contributed by atoms with Crippen molar-refractivity contribution in [2.24, 2.45) is 0 Å². The summed E-state index contributed by atoms with van der Waals surface area (Å²) >= 11 is 0. The molecular formula is C18H22N2O. The summed E-state index contributed by atoms with van der Waals surface area (Å²) in [7, 11) is 0. The zero-order valence-electron chi connectivity index (χ0n) is 13.0. The molecule has 3 nitrogen and oxygen atoms in total. The average molecular weight is 282 g/mol. The van der Waals surface area contributed by atoms with Gasteiger partial charge in [-0.2, -0.15) is 0 Å². The Morgan fingerprint density at radius 3 is 2.48 bits per heavy atom.